The fourth-order valence-electron chi connectivity index (χ4n) is 2.70. The van der Waals surface area contributed by atoms with E-state index < -0.39 is 0 Å². The summed E-state index contributed by atoms with van der Waals surface area (Å²) in [4.78, 5) is 0. The normalized spacial score (nSPS) is 34.9. The lowest BCUT2D eigenvalue weighted by Gasteiger charge is -2.33. The molecule has 2 aliphatic carbocycles. The first kappa shape index (κ1) is 9.98. The third-order valence-corrected chi connectivity index (χ3v) is 3.97. The molecular weight excluding hydrogens is 172 g/mol. The SMILES string of the molecule is C[C@@H](NC1CCC(C#N)C1)C1CCC1. The molecular formula is C12H20N2. The van der Waals surface area contributed by atoms with E-state index in [0.29, 0.717) is 18.0 Å². The lowest BCUT2D eigenvalue weighted by Crippen LogP contribution is -2.42. The molecule has 2 saturated carbocycles. The van der Waals surface area contributed by atoms with Crippen LogP contribution in [-0.4, -0.2) is 12.1 Å². The summed E-state index contributed by atoms with van der Waals surface area (Å²) >= 11 is 0. The van der Waals surface area contributed by atoms with Crippen LogP contribution in [0.2, 0.25) is 0 Å². The molecule has 0 aromatic heterocycles. The van der Waals surface area contributed by atoms with Crippen molar-refractivity contribution >= 4 is 0 Å². The van der Waals surface area contributed by atoms with Crippen molar-refractivity contribution in [1.29, 1.82) is 5.26 Å². The molecule has 0 aliphatic heterocycles. The van der Waals surface area contributed by atoms with E-state index in [0.717, 1.165) is 18.8 Å². The summed E-state index contributed by atoms with van der Waals surface area (Å²) in [5, 5.41) is 12.5. The van der Waals surface area contributed by atoms with Gasteiger partial charge in [-0.25, -0.2) is 0 Å². The van der Waals surface area contributed by atoms with Gasteiger partial charge in [-0.05, 0) is 44.9 Å². The average molecular weight is 192 g/mol. The predicted molar refractivity (Wildman–Crippen MR) is 56.7 cm³/mol. The van der Waals surface area contributed by atoms with Crippen molar-refractivity contribution in [2.45, 2.75) is 57.5 Å². The molecule has 0 radical (unpaired) electrons. The highest BCUT2D eigenvalue weighted by Gasteiger charge is 2.29. The molecule has 0 amide bonds. The molecule has 0 heterocycles. The smallest absolute Gasteiger partial charge is 0.0656 e. The third kappa shape index (κ3) is 2.09. The number of nitrogens with one attached hydrogen (secondary N) is 1. The van der Waals surface area contributed by atoms with E-state index in [-0.39, 0.29) is 0 Å². The van der Waals surface area contributed by atoms with Gasteiger partial charge in [-0.15, -0.1) is 0 Å². The number of nitrogens with zero attached hydrogens (tertiary/aromatic N) is 1. The summed E-state index contributed by atoms with van der Waals surface area (Å²) in [6.45, 7) is 2.31. The number of hydrogen-bond donors (Lipinski definition) is 1. The molecule has 78 valence electrons. The molecule has 2 heteroatoms. The molecule has 1 N–H and O–H groups in total. The Labute approximate surface area is 86.7 Å². The predicted octanol–water partition coefficient (Wildman–Crippen LogP) is 2.46. The Balaban J connectivity index is 1.73. The maximum absolute atomic E-state index is 8.81. The maximum Gasteiger partial charge on any atom is 0.0656 e. The van der Waals surface area contributed by atoms with E-state index in [4.69, 9.17) is 5.26 Å². The minimum absolute atomic E-state index is 0.320. The van der Waals surface area contributed by atoms with Crippen LogP contribution in [-0.2, 0) is 0 Å². The Bertz CT molecular complexity index is 227. The van der Waals surface area contributed by atoms with Crippen LogP contribution in [0, 0.1) is 23.2 Å². The number of rotatable bonds is 3. The van der Waals surface area contributed by atoms with Crippen LogP contribution >= 0.6 is 0 Å². The fourth-order valence-corrected chi connectivity index (χ4v) is 2.70. The first-order chi connectivity index (χ1) is 6.79. The first-order valence-electron chi connectivity index (χ1n) is 5.95. The van der Waals surface area contributed by atoms with Crippen molar-refractivity contribution in [3.05, 3.63) is 0 Å². The van der Waals surface area contributed by atoms with Crippen LogP contribution in [0.5, 0.6) is 0 Å². The van der Waals surface area contributed by atoms with Gasteiger partial charge in [0.2, 0.25) is 0 Å². The molecule has 0 saturated heterocycles. The molecule has 0 aromatic rings. The molecule has 0 aromatic carbocycles. The van der Waals surface area contributed by atoms with Crippen molar-refractivity contribution in [3.63, 3.8) is 0 Å². The van der Waals surface area contributed by atoms with E-state index in [9.17, 15) is 0 Å². The zero-order valence-corrected chi connectivity index (χ0v) is 9.00. The molecule has 2 aliphatic rings. The second-order valence-electron chi connectivity index (χ2n) is 4.98. The molecule has 14 heavy (non-hydrogen) atoms. The zero-order valence-electron chi connectivity index (χ0n) is 9.00. The number of nitriles is 1. The van der Waals surface area contributed by atoms with Crippen LogP contribution in [0.1, 0.15) is 45.4 Å². The highest BCUT2D eigenvalue weighted by atomic mass is 15.0. The van der Waals surface area contributed by atoms with E-state index >= 15 is 0 Å². The monoisotopic (exact) mass is 192 g/mol. The minimum atomic E-state index is 0.320. The lowest BCUT2D eigenvalue weighted by atomic mass is 9.80. The summed E-state index contributed by atoms with van der Waals surface area (Å²) in [7, 11) is 0. The molecule has 0 bridgehead atoms. The van der Waals surface area contributed by atoms with Crippen molar-refractivity contribution < 1.29 is 0 Å². The van der Waals surface area contributed by atoms with Gasteiger partial charge in [0.05, 0.1) is 6.07 Å². The molecule has 2 fully saturated rings. The lowest BCUT2D eigenvalue weighted by molar-refractivity contribution is 0.226. The Kier molecular flexibility index (Phi) is 3.08. The van der Waals surface area contributed by atoms with Gasteiger partial charge in [0, 0.05) is 18.0 Å². The molecule has 3 atom stereocenters. The van der Waals surface area contributed by atoms with Gasteiger partial charge in [0.25, 0.3) is 0 Å². The molecule has 2 nitrogen and oxygen atoms in total. The Hall–Kier alpha value is -0.550. The van der Waals surface area contributed by atoms with Crippen molar-refractivity contribution in [2.75, 3.05) is 0 Å². The first-order valence-corrected chi connectivity index (χ1v) is 5.95. The van der Waals surface area contributed by atoms with Gasteiger partial charge in [-0.1, -0.05) is 6.42 Å². The molecule has 0 spiro atoms. The van der Waals surface area contributed by atoms with E-state index in [2.05, 4.69) is 18.3 Å². The summed E-state index contributed by atoms with van der Waals surface area (Å²) < 4.78 is 0. The van der Waals surface area contributed by atoms with Gasteiger partial charge in [0.1, 0.15) is 0 Å². The van der Waals surface area contributed by atoms with Gasteiger partial charge >= 0.3 is 0 Å². The fraction of sp³-hybridized carbons (Fsp3) is 0.917. The van der Waals surface area contributed by atoms with E-state index in [1.807, 2.05) is 0 Å². The van der Waals surface area contributed by atoms with Crippen LogP contribution in [0.25, 0.3) is 0 Å². The third-order valence-electron chi connectivity index (χ3n) is 3.97. The minimum Gasteiger partial charge on any atom is -0.311 e. The van der Waals surface area contributed by atoms with Crippen molar-refractivity contribution in [1.82, 2.24) is 5.32 Å². The number of hydrogen-bond acceptors (Lipinski definition) is 2. The summed E-state index contributed by atoms with van der Waals surface area (Å²) in [6.07, 6.45) is 7.61. The molecule has 2 unspecified atom stereocenters. The van der Waals surface area contributed by atoms with Crippen LogP contribution < -0.4 is 5.32 Å². The van der Waals surface area contributed by atoms with Crippen LogP contribution in [0.3, 0.4) is 0 Å². The van der Waals surface area contributed by atoms with Gasteiger partial charge in [-0.2, -0.15) is 5.26 Å². The Morgan fingerprint density at radius 3 is 2.57 bits per heavy atom. The topological polar surface area (TPSA) is 35.8 Å². The van der Waals surface area contributed by atoms with Crippen LogP contribution in [0.15, 0.2) is 0 Å². The van der Waals surface area contributed by atoms with E-state index in [1.54, 1.807) is 0 Å². The zero-order chi connectivity index (χ0) is 9.97. The summed E-state index contributed by atoms with van der Waals surface area (Å²) in [5.41, 5.74) is 0. The molecule has 2 rings (SSSR count). The summed E-state index contributed by atoms with van der Waals surface area (Å²) in [6, 6.07) is 3.68. The standard InChI is InChI=1S/C12H20N2/c1-9(11-3-2-4-11)14-12-6-5-10(7-12)8-13/h9-12,14H,2-7H2,1H3/t9-,10?,12?/m1/s1. The maximum atomic E-state index is 8.81. The van der Waals surface area contributed by atoms with Gasteiger partial charge in [-0.3, -0.25) is 0 Å². The average Bonchev–Trinajstić information content (AvgIpc) is 2.48. The van der Waals surface area contributed by atoms with Gasteiger partial charge in [0.15, 0.2) is 0 Å². The largest absolute Gasteiger partial charge is 0.311 e. The van der Waals surface area contributed by atoms with Gasteiger partial charge < -0.3 is 5.32 Å². The van der Waals surface area contributed by atoms with Crippen molar-refractivity contribution in [3.8, 4) is 6.07 Å². The second-order valence-corrected chi connectivity index (χ2v) is 4.98. The Morgan fingerprint density at radius 2 is 2.07 bits per heavy atom. The quantitative estimate of drug-likeness (QED) is 0.745. The van der Waals surface area contributed by atoms with E-state index in [1.165, 1.54) is 25.7 Å². The Morgan fingerprint density at radius 1 is 1.29 bits per heavy atom. The van der Waals surface area contributed by atoms with Crippen molar-refractivity contribution in [2.24, 2.45) is 11.8 Å². The second kappa shape index (κ2) is 4.31. The highest BCUT2D eigenvalue weighted by Crippen LogP contribution is 2.31. The summed E-state index contributed by atoms with van der Waals surface area (Å²) in [5.74, 6) is 1.23. The highest BCUT2D eigenvalue weighted by molar-refractivity contribution is 4.94. The van der Waals surface area contributed by atoms with Crippen LogP contribution in [0.4, 0.5) is 0 Å².